The van der Waals surface area contributed by atoms with Gasteiger partial charge in [-0.25, -0.2) is 4.98 Å². The van der Waals surface area contributed by atoms with Gasteiger partial charge in [-0.05, 0) is 38.7 Å². The van der Waals surface area contributed by atoms with E-state index in [0.29, 0.717) is 22.3 Å². The quantitative estimate of drug-likeness (QED) is 0.872. The van der Waals surface area contributed by atoms with Gasteiger partial charge in [0.15, 0.2) is 0 Å². The highest BCUT2D eigenvalue weighted by atomic mass is 35.5. The average molecular weight is 282 g/mol. The molecule has 0 aromatic carbocycles. The molecule has 2 N–H and O–H groups in total. The molecule has 1 atom stereocenters. The Kier molecular flexibility index (Phi) is 4.64. The van der Waals surface area contributed by atoms with Gasteiger partial charge in [0.2, 0.25) is 0 Å². The van der Waals surface area contributed by atoms with Crippen LogP contribution in [0.4, 0.5) is 5.82 Å². The molecule has 5 heteroatoms. The molecule has 1 aliphatic rings. The maximum Gasteiger partial charge on any atom is 0.253 e. The van der Waals surface area contributed by atoms with Gasteiger partial charge in [0.25, 0.3) is 5.91 Å². The summed E-state index contributed by atoms with van der Waals surface area (Å²) in [5, 5.41) is 6.54. The van der Waals surface area contributed by atoms with Crippen molar-refractivity contribution in [2.75, 3.05) is 11.9 Å². The number of halogens is 1. The van der Waals surface area contributed by atoms with Gasteiger partial charge in [0, 0.05) is 18.8 Å². The van der Waals surface area contributed by atoms with Gasteiger partial charge in [-0.3, -0.25) is 4.79 Å². The fourth-order valence-electron chi connectivity index (χ4n) is 2.21. The Morgan fingerprint density at radius 1 is 1.58 bits per heavy atom. The van der Waals surface area contributed by atoms with E-state index in [1.165, 1.54) is 19.3 Å². The molecule has 1 aliphatic carbocycles. The number of nitrogens with zero attached hydrogens (tertiary/aromatic N) is 1. The number of hydrogen-bond donors (Lipinski definition) is 2. The van der Waals surface area contributed by atoms with Crippen molar-refractivity contribution in [1.29, 1.82) is 0 Å². The molecule has 1 heterocycles. The third-order valence-corrected chi connectivity index (χ3v) is 3.95. The molecule has 4 nitrogen and oxygen atoms in total. The van der Waals surface area contributed by atoms with E-state index in [2.05, 4.69) is 22.5 Å². The van der Waals surface area contributed by atoms with Crippen molar-refractivity contribution >= 4 is 23.3 Å². The van der Waals surface area contributed by atoms with Crippen LogP contribution in [-0.2, 0) is 0 Å². The molecule has 0 aliphatic heterocycles. The summed E-state index contributed by atoms with van der Waals surface area (Å²) in [6, 6.07) is 1.88. The first kappa shape index (κ1) is 14.1. The molecular formula is C14H20ClN3O. The molecule has 0 saturated heterocycles. The Balaban J connectivity index is 2.00. The summed E-state index contributed by atoms with van der Waals surface area (Å²) < 4.78 is 0. The van der Waals surface area contributed by atoms with Crippen molar-refractivity contribution in [3.05, 3.63) is 22.8 Å². The lowest BCUT2D eigenvalue weighted by molar-refractivity contribution is 0.0909. The minimum absolute atomic E-state index is 0.100. The molecule has 1 unspecified atom stereocenters. The summed E-state index contributed by atoms with van der Waals surface area (Å²) in [6.07, 6.45) is 5.25. The maximum atomic E-state index is 12.1. The first-order valence-corrected chi connectivity index (χ1v) is 7.20. The third-order valence-electron chi connectivity index (χ3n) is 3.66. The summed E-state index contributed by atoms with van der Waals surface area (Å²) in [7, 11) is 0. The van der Waals surface area contributed by atoms with Crippen molar-refractivity contribution in [2.24, 2.45) is 5.92 Å². The minimum Gasteiger partial charge on any atom is -0.369 e. The van der Waals surface area contributed by atoms with E-state index in [1.807, 2.05) is 6.92 Å². The van der Waals surface area contributed by atoms with Gasteiger partial charge in [-0.2, -0.15) is 0 Å². The van der Waals surface area contributed by atoms with Gasteiger partial charge < -0.3 is 10.6 Å². The Hall–Kier alpha value is -1.29. The lowest BCUT2D eigenvalue weighted by Crippen LogP contribution is -2.40. The Morgan fingerprint density at radius 3 is 2.84 bits per heavy atom. The number of aromatic nitrogens is 1. The lowest BCUT2D eigenvalue weighted by atomic mass is 9.80. The summed E-state index contributed by atoms with van der Waals surface area (Å²) in [5.74, 6) is 1.14. The van der Waals surface area contributed by atoms with Crippen molar-refractivity contribution in [3.63, 3.8) is 0 Å². The molecule has 1 fully saturated rings. The van der Waals surface area contributed by atoms with Crippen LogP contribution in [0.5, 0.6) is 0 Å². The predicted octanol–water partition coefficient (Wildman–Crippen LogP) is 3.09. The van der Waals surface area contributed by atoms with Gasteiger partial charge in [-0.15, -0.1) is 0 Å². The third kappa shape index (κ3) is 3.38. The van der Waals surface area contributed by atoms with E-state index in [1.54, 1.807) is 12.3 Å². The molecule has 19 heavy (non-hydrogen) atoms. The number of carbonyl (C=O) groups is 1. The van der Waals surface area contributed by atoms with E-state index >= 15 is 0 Å². The molecule has 0 spiro atoms. The molecule has 1 aromatic rings. The van der Waals surface area contributed by atoms with Crippen LogP contribution >= 0.6 is 11.6 Å². The molecule has 0 radical (unpaired) electrons. The van der Waals surface area contributed by atoms with E-state index in [9.17, 15) is 4.79 Å². The average Bonchev–Trinajstić information content (AvgIpc) is 2.29. The monoisotopic (exact) mass is 281 g/mol. The van der Waals surface area contributed by atoms with Gasteiger partial charge in [0.1, 0.15) is 5.82 Å². The van der Waals surface area contributed by atoms with E-state index in [0.717, 1.165) is 6.54 Å². The number of hydrogen-bond acceptors (Lipinski definition) is 3. The lowest BCUT2D eigenvalue weighted by Gasteiger charge is -2.31. The summed E-state index contributed by atoms with van der Waals surface area (Å²) in [4.78, 5) is 16.3. The van der Waals surface area contributed by atoms with Crippen LogP contribution in [0.25, 0.3) is 0 Å². The summed E-state index contributed by atoms with van der Waals surface area (Å²) >= 11 is 6.08. The Bertz CT molecular complexity index is 460. The largest absolute Gasteiger partial charge is 0.369 e. The highest BCUT2D eigenvalue weighted by Crippen LogP contribution is 2.29. The molecule has 104 valence electrons. The topological polar surface area (TPSA) is 54.0 Å². The van der Waals surface area contributed by atoms with Crippen molar-refractivity contribution in [3.8, 4) is 0 Å². The predicted molar refractivity (Wildman–Crippen MR) is 77.7 cm³/mol. The van der Waals surface area contributed by atoms with Gasteiger partial charge >= 0.3 is 0 Å². The first-order valence-electron chi connectivity index (χ1n) is 6.82. The first-order chi connectivity index (χ1) is 9.11. The Labute approximate surface area is 118 Å². The van der Waals surface area contributed by atoms with Gasteiger partial charge in [-0.1, -0.05) is 18.0 Å². The zero-order chi connectivity index (χ0) is 13.8. The summed E-state index contributed by atoms with van der Waals surface area (Å²) in [6.45, 7) is 4.78. The Morgan fingerprint density at radius 2 is 2.32 bits per heavy atom. The van der Waals surface area contributed by atoms with Crippen LogP contribution in [0.1, 0.15) is 43.5 Å². The highest BCUT2D eigenvalue weighted by Gasteiger charge is 2.25. The summed E-state index contributed by atoms with van der Waals surface area (Å²) in [5.41, 5.74) is 0.512. The van der Waals surface area contributed by atoms with Crippen molar-refractivity contribution in [1.82, 2.24) is 10.3 Å². The standard InChI is InChI=1S/C14H20ClN3O/c1-3-16-13-12(15)7-11(8-17-13)14(19)18-9(2)10-5-4-6-10/h7-10H,3-6H2,1-2H3,(H,16,17)(H,18,19). The molecule has 2 rings (SSSR count). The fourth-order valence-corrected chi connectivity index (χ4v) is 2.44. The smallest absolute Gasteiger partial charge is 0.253 e. The van der Waals surface area contributed by atoms with Crippen LogP contribution in [0.3, 0.4) is 0 Å². The van der Waals surface area contributed by atoms with E-state index < -0.39 is 0 Å². The second-order valence-electron chi connectivity index (χ2n) is 5.04. The highest BCUT2D eigenvalue weighted by molar-refractivity contribution is 6.33. The number of nitrogens with one attached hydrogen (secondary N) is 2. The number of rotatable bonds is 5. The fraction of sp³-hybridized carbons (Fsp3) is 0.571. The number of amides is 1. The zero-order valence-corrected chi connectivity index (χ0v) is 12.1. The molecular weight excluding hydrogens is 262 g/mol. The van der Waals surface area contributed by atoms with E-state index in [4.69, 9.17) is 11.6 Å². The van der Waals surface area contributed by atoms with Crippen LogP contribution < -0.4 is 10.6 Å². The minimum atomic E-state index is -0.100. The van der Waals surface area contributed by atoms with Crippen LogP contribution in [-0.4, -0.2) is 23.5 Å². The SMILES string of the molecule is CCNc1ncc(C(=O)NC(C)C2CCC2)cc1Cl. The van der Waals surface area contributed by atoms with Gasteiger partial charge in [0.05, 0.1) is 10.6 Å². The number of anilines is 1. The van der Waals surface area contributed by atoms with E-state index in [-0.39, 0.29) is 11.9 Å². The molecule has 1 amide bonds. The maximum absolute atomic E-state index is 12.1. The molecule has 0 bridgehead atoms. The number of carbonyl (C=O) groups excluding carboxylic acids is 1. The molecule has 1 saturated carbocycles. The van der Waals surface area contributed by atoms with Crippen LogP contribution in [0, 0.1) is 5.92 Å². The van der Waals surface area contributed by atoms with Crippen LogP contribution in [0.15, 0.2) is 12.3 Å². The van der Waals surface area contributed by atoms with Crippen LogP contribution in [0.2, 0.25) is 5.02 Å². The van der Waals surface area contributed by atoms with Crippen molar-refractivity contribution < 1.29 is 4.79 Å². The number of pyridine rings is 1. The normalized spacial score (nSPS) is 16.6. The molecule has 1 aromatic heterocycles. The second-order valence-corrected chi connectivity index (χ2v) is 5.45. The zero-order valence-electron chi connectivity index (χ0n) is 11.4. The second kappa shape index (κ2) is 6.24. The van der Waals surface area contributed by atoms with Crippen molar-refractivity contribution in [2.45, 2.75) is 39.2 Å².